The van der Waals surface area contributed by atoms with E-state index in [9.17, 15) is 9.18 Å². The summed E-state index contributed by atoms with van der Waals surface area (Å²) in [6.07, 6.45) is 0.680. The van der Waals surface area contributed by atoms with E-state index in [0.717, 1.165) is 0 Å². The van der Waals surface area contributed by atoms with Crippen LogP contribution in [0.3, 0.4) is 0 Å². The molecule has 3 heteroatoms. The Balaban J connectivity index is 0. The quantitative estimate of drug-likeness (QED) is 0.359. The Labute approximate surface area is 82.0 Å². The minimum atomic E-state index is -0.319. The van der Waals surface area contributed by atoms with Gasteiger partial charge in [0, 0.05) is 5.56 Å². The Kier molecular flexibility index (Phi) is 4.52. The van der Waals surface area contributed by atoms with Crippen LogP contribution < -0.4 is 29.6 Å². The largest absolute Gasteiger partial charge is 1.00 e. The SMILES string of the molecule is O=Cc1ccc(F)cc1.[H-].[Na+]. The van der Waals surface area contributed by atoms with Crippen molar-refractivity contribution in [3.8, 4) is 0 Å². The van der Waals surface area contributed by atoms with E-state index < -0.39 is 0 Å². The van der Waals surface area contributed by atoms with Crippen molar-refractivity contribution < 1.29 is 40.2 Å². The Hall–Kier alpha value is -0.180. The molecule has 1 aromatic rings. The molecule has 0 aliphatic heterocycles. The fourth-order valence-electron chi connectivity index (χ4n) is 0.541. The van der Waals surface area contributed by atoms with Gasteiger partial charge in [-0.3, -0.25) is 4.79 Å². The zero-order chi connectivity index (χ0) is 6.69. The molecule has 1 aromatic carbocycles. The first-order chi connectivity index (χ1) is 4.33. The third-order valence-electron chi connectivity index (χ3n) is 1.01. The maximum Gasteiger partial charge on any atom is 1.00 e. The van der Waals surface area contributed by atoms with Gasteiger partial charge in [0.15, 0.2) is 0 Å². The van der Waals surface area contributed by atoms with Crippen molar-refractivity contribution in [2.24, 2.45) is 0 Å². The molecule has 0 unspecified atom stereocenters. The molecule has 0 radical (unpaired) electrons. The molecular formula is C7H6FNaO. The summed E-state index contributed by atoms with van der Waals surface area (Å²) in [4.78, 5) is 10.00. The van der Waals surface area contributed by atoms with Crippen molar-refractivity contribution in [3.63, 3.8) is 0 Å². The van der Waals surface area contributed by atoms with Crippen LogP contribution in [0.25, 0.3) is 0 Å². The van der Waals surface area contributed by atoms with Gasteiger partial charge in [-0.1, -0.05) is 0 Å². The average Bonchev–Trinajstić information content (AvgIpc) is 1.90. The van der Waals surface area contributed by atoms with Gasteiger partial charge >= 0.3 is 29.6 Å². The van der Waals surface area contributed by atoms with Crippen LogP contribution in [-0.4, -0.2) is 6.29 Å². The molecule has 0 saturated heterocycles. The van der Waals surface area contributed by atoms with E-state index in [1.54, 1.807) is 0 Å². The van der Waals surface area contributed by atoms with Gasteiger partial charge in [-0.05, 0) is 24.3 Å². The molecule has 0 saturated carbocycles. The van der Waals surface area contributed by atoms with Crippen molar-refractivity contribution in [2.75, 3.05) is 0 Å². The molecule has 0 spiro atoms. The van der Waals surface area contributed by atoms with Gasteiger partial charge in [0.2, 0.25) is 0 Å². The number of aldehydes is 1. The zero-order valence-electron chi connectivity index (χ0n) is 6.67. The minimum absolute atomic E-state index is 0. The molecule has 0 aliphatic rings. The Morgan fingerprint density at radius 1 is 1.30 bits per heavy atom. The monoisotopic (exact) mass is 148 g/mol. The van der Waals surface area contributed by atoms with Crippen molar-refractivity contribution in [1.82, 2.24) is 0 Å². The van der Waals surface area contributed by atoms with Crippen LogP contribution in [0.15, 0.2) is 24.3 Å². The molecule has 48 valence electrons. The molecule has 0 N–H and O–H groups in total. The Morgan fingerprint density at radius 2 is 1.80 bits per heavy atom. The third-order valence-corrected chi connectivity index (χ3v) is 1.01. The van der Waals surface area contributed by atoms with E-state index in [4.69, 9.17) is 0 Å². The van der Waals surface area contributed by atoms with Crippen LogP contribution in [0.2, 0.25) is 0 Å². The first-order valence-electron chi connectivity index (χ1n) is 2.53. The predicted molar refractivity (Wildman–Crippen MR) is 32.9 cm³/mol. The molecule has 1 rings (SSSR count). The van der Waals surface area contributed by atoms with Crippen LogP contribution in [0.1, 0.15) is 11.8 Å². The maximum atomic E-state index is 12.1. The number of halogens is 1. The summed E-state index contributed by atoms with van der Waals surface area (Å²) in [7, 11) is 0. The number of hydrogen-bond acceptors (Lipinski definition) is 1. The van der Waals surface area contributed by atoms with Crippen LogP contribution in [0.5, 0.6) is 0 Å². The van der Waals surface area contributed by atoms with Gasteiger partial charge in [-0.15, -0.1) is 0 Å². The predicted octanol–water partition coefficient (Wildman–Crippen LogP) is -1.25. The molecule has 10 heavy (non-hydrogen) atoms. The molecular weight excluding hydrogens is 142 g/mol. The van der Waals surface area contributed by atoms with E-state index in [1.807, 2.05) is 0 Å². The summed E-state index contributed by atoms with van der Waals surface area (Å²) in [6, 6.07) is 5.37. The van der Waals surface area contributed by atoms with E-state index in [0.29, 0.717) is 11.8 Å². The van der Waals surface area contributed by atoms with Gasteiger partial charge in [-0.25, -0.2) is 4.39 Å². The molecule has 0 bridgehead atoms. The standard InChI is InChI=1S/C7H5FO.Na.H/c8-7-3-1-6(5-9)2-4-7;;/h1-5H;;/q;+1;-1. The van der Waals surface area contributed by atoms with Crippen molar-refractivity contribution in [3.05, 3.63) is 35.6 Å². The second-order valence-electron chi connectivity index (χ2n) is 1.67. The number of rotatable bonds is 1. The molecule has 1 nitrogen and oxygen atoms in total. The zero-order valence-corrected chi connectivity index (χ0v) is 7.67. The Morgan fingerprint density at radius 3 is 2.20 bits per heavy atom. The fraction of sp³-hybridized carbons (Fsp3) is 0. The Bertz CT molecular complexity index is 212. The number of carbonyl (C=O) groups is 1. The van der Waals surface area contributed by atoms with Crippen molar-refractivity contribution in [2.45, 2.75) is 0 Å². The van der Waals surface area contributed by atoms with Gasteiger partial charge in [0.25, 0.3) is 0 Å². The average molecular weight is 148 g/mol. The fourth-order valence-corrected chi connectivity index (χ4v) is 0.541. The van der Waals surface area contributed by atoms with Crippen LogP contribution in [-0.2, 0) is 0 Å². The van der Waals surface area contributed by atoms with Gasteiger partial charge in [0.1, 0.15) is 12.1 Å². The summed E-state index contributed by atoms with van der Waals surface area (Å²) in [6.45, 7) is 0. The summed E-state index contributed by atoms with van der Waals surface area (Å²) < 4.78 is 12.1. The van der Waals surface area contributed by atoms with Gasteiger partial charge < -0.3 is 1.43 Å². The van der Waals surface area contributed by atoms with Gasteiger partial charge in [0.05, 0.1) is 0 Å². The van der Waals surface area contributed by atoms with Crippen LogP contribution in [0.4, 0.5) is 4.39 Å². The van der Waals surface area contributed by atoms with Crippen LogP contribution >= 0.6 is 0 Å². The number of hydrogen-bond donors (Lipinski definition) is 0. The van der Waals surface area contributed by atoms with Crippen molar-refractivity contribution in [1.29, 1.82) is 0 Å². The first-order valence-corrected chi connectivity index (χ1v) is 2.53. The normalized spacial score (nSPS) is 8.10. The minimum Gasteiger partial charge on any atom is -1.00 e. The van der Waals surface area contributed by atoms with E-state index >= 15 is 0 Å². The molecule has 0 amide bonds. The first kappa shape index (κ1) is 9.82. The molecule has 0 fully saturated rings. The van der Waals surface area contributed by atoms with E-state index in [1.165, 1.54) is 24.3 Å². The number of carbonyl (C=O) groups excluding carboxylic acids is 1. The molecule has 0 atom stereocenters. The maximum absolute atomic E-state index is 12.1. The summed E-state index contributed by atoms with van der Waals surface area (Å²) in [5, 5.41) is 0. The van der Waals surface area contributed by atoms with Gasteiger partial charge in [-0.2, -0.15) is 0 Å². The van der Waals surface area contributed by atoms with Crippen LogP contribution in [0, 0.1) is 5.82 Å². The smallest absolute Gasteiger partial charge is 1.00 e. The summed E-state index contributed by atoms with van der Waals surface area (Å²) in [5.74, 6) is -0.319. The second-order valence-corrected chi connectivity index (χ2v) is 1.67. The second kappa shape index (κ2) is 4.61. The number of benzene rings is 1. The van der Waals surface area contributed by atoms with E-state index in [2.05, 4.69) is 0 Å². The third kappa shape index (κ3) is 2.60. The molecule has 0 aromatic heterocycles. The molecule has 0 heterocycles. The van der Waals surface area contributed by atoms with E-state index in [-0.39, 0.29) is 36.8 Å². The summed E-state index contributed by atoms with van der Waals surface area (Å²) in [5.41, 5.74) is 0.497. The van der Waals surface area contributed by atoms with Crippen molar-refractivity contribution >= 4 is 6.29 Å². The topological polar surface area (TPSA) is 17.1 Å². The summed E-state index contributed by atoms with van der Waals surface area (Å²) >= 11 is 0. The molecule has 0 aliphatic carbocycles.